The molecule has 9 heteroatoms. The molecule has 0 radical (unpaired) electrons. The first kappa shape index (κ1) is 21.6. The number of aryl methyl sites for hydroxylation is 1. The van der Waals surface area contributed by atoms with Gasteiger partial charge in [0.15, 0.2) is 6.61 Å². The standard InChI is InChI=1S/C19H21ClN2O6/c1-11-7-15(13(3)21(11)12(2)9-27-4)18(23)10-28-19(24)14-5-6-16(20)17(8-14)22(25)26/h5-8,12H,9-10H2,1-4H3/t12-/m1/s1. The number of hydrogen-bond acceptors (Lipinski definition) is 6. The highest BCUT2D eigenvalue weighted by Crippen LogP contribution is 2.25. The van der Waals surface area contributed by atoms with E-state index in [4.69, 9.17) is 21.1 Å². The lowest BCUT2D eigenvalue weighted by Crippen LogP contribution is -2.17. The second-order valence-electron chi connectivity index (χ2n) is 6.38. The summed E-state index contributed by atoms with van der Waals surface area (Å²) >= 11 is 5.73. The van der Waals surface area contributed by atoms with Gasteiger partial charge in [-0.2, -0.15) is 0 Å². The second-order valence-corrected chi connectivity index (χ2v) is 6.79. The molecule has 0 N–H and O–H groups in total. The fourth-order valence-electron chi connectivity index (χ4n) is 3.13. The number of esters is 1. The smallest absolute Gasteiger partial charge is 0.338 e. The molecule has 0 aliphatic carbocycles. The molecule has 28 heavy (non-hydrogen) atoms. The van der Waals surface area contributed by atoms with Crippen molar-refractivity contribution < 1.29 is 24.0 Å². The molecule has 8 nitrogen and oxygen atoms in total. The maximum atomic E-state index is 12.5. The minimum Gasteiger partial charge on any atom is -0.454 e. The number of nitrogens with zero attached hydrogens (tertiary/aromatic N) is 2. The Hall–Kier alpha value is -2.71. The van der Waals surface area contributed by atoms with E-state index in [1.807, 2.05) is 25.3 Å². The first-order valence-corrected chi connectivity index (χ1v) is 8.86. The van der Waals surface area contributed by atoms with Crippen molar-refractivity contribution in [3.05, 3.63) is 61.9 Å². The van der Waals surface area contributed by atoms with Gasteiger partial charge in [0.1, 0.15) is 5.02 Å². The van der Waals surface area contributed by atoms with Gasteiger partial charge in [-0.25, -0.2) is 4.79 Å². The summed E-state index contributed by atoms with van der Waals surface area (Å²) in [6, 6.07) is 5.35. The highest BCUT2D eigenvalue weighted by Gasteiger charge is 2.21. The van der Waals surface area contributed by atoms with Crippen LogP contribution in [0.4, 0.5) is 5.69 Å². The summed E-state index contributed by atoms with van der Waals surface area (Å²) in [5.41, 5.74) is 1.65. The van der Waals surface area contributed by atoms with Crippen LogP contribution in [-0.2, 0) is 9.47 Å². The third kappa shape index (κ3) is 4.58. The van der Waals surface area contributed by atoms with Crippen molar-refractivity contribution in [3.8, 4) is 0 Å². The molecule has 0 spiro atoms. The van der Waals surface area contributed by atoms with E-state index in [2.05, 4.69) is 0 Å². The quantitative estimate of drug-likeness (QED) is 0.284. The summed E-state index contributed by atoms with van der Waals surface area (Å²) in [5.74, 6) is -1.20. The zero-order valence-electron chi connectivity index (χ0n) is 16.0. The fraction of sp³-hybridized carbons (Fsp3) is 0.368. The minimum atomic E-state index is -0.838. The number of hydrogen-bond donors (Lipinski definition) is 0. The van der Waals surface area contributed by atoms with Gasteiger partial charge in [-0.15, -0.1) is 0 Å². The molecule has 1 heterocycles. The number of ketones is 1. The lowest BCUT2D eigenvalue weighted by atomic mass is 10.1. The van der Waals surface area contributed by atoms with Gasteiger partial charge >= 0.3 is 5.97 Å². The van der Waals surface area contributed by atoms with E-state index in [1.165, 1.54) is 12.1 Å². The molecule has 0 saturated heterocycles. The molecule has 0 bridgehead atoms. The Bertz CT molecular complexity index is 921. The van der Waals surface area contributed by atoms with Crippen LogP contribution in [-0.4, -0.2) is 41.6 Å². The molecule has 2 rings (SSSR count). The summed E-state index contributed by atoms with van der Waals surface area (Å²) in [7, 11) is 1.61. The highest BCUT2D eigenvalue weighted by molar-refractivity contribution is 6.32. The number of ether oxygens (including phenoxy) is 2. The van der Waals surface area contributed by atoms with Crippen molar-refractivity contribution in [1.29, 1.82) is 0 Å². The molecule has 0 unspecified atom stereocenters. The third-order valence-corrected chi connectivity index (χ3v) is 4.67. The second kappa shape index (κ2) is 8.99. The molecule has 1 aromatic heterocycles. The van der Waals surface area contributed by atoms with Crippen molar-refractivity contribution in [2.75, 3.05) is 20.3 Å². The lowest BCUT2D eigenvalue weighted by molar-refractivity contribution is -0.384. The summed E-state index contributed by atoms with van der Waals surface area (Å²) < 4.78 is 12.2. The summed E-state index contributed by atoms with van der Waals surface area (Å²) in [6.07, 6.45) is 0. The van der Waals surface area contributed by atoms with Crippen LogP contribution >= 0.6 is 11.6 Å². The van der Waals surface area contributed by atoms with Crippen LogP contribution in [0.2, 0.25) is 5.02 Å². The topological polar surface area (TPSA) is 101 Å². The molecule has 0 amide bonds. The molecule has 0 aliphatic heterocycles. The van der Waals surface area contributed by atoms with E-state index >= 15 is 0 Å². The molecule has 0 fully saturated rings. The van der Waals surface area contributed by atoms with Crippen LogP contribution in [0.25, 0.3) is 0 Å². The van der Waals surface area contributed by atoms with Crippen LogP contribution in [0.3, 0.4) is 0 Å². The molecule has 0 saturated carbocycles. The van der Waals surface area contributed by atoms with Gasteiger partial charge < -0.3 is 14.0 Å². The predicted octanol–water partition coefficient (Wildman–Crippen LogP) is 3.91. The Morgan fingerprint density at radius 1 is 1.29 bits per heavy atom. The number of carbonyl (C=O) groups excluding carboxylic acids is 2. The van der Waals surface area contributed by atoms with Crippen LogP contribution in [0, 0.1) is 24.0 Å². The van der Waals surface area contributed by atoms with E-state index in [9.17, 15) is 19.7 Å². The van der Waals surface area contributed by atoms with E-state index in [1.54, 1.807) is 13.2 Å². The van der Waals surface area contributed by atoms with Crippen molar-refractivity contribution in [1.82, 2.24) is 4.57 Å². The first-order chi connectivity index (χ1) is 13.2. The molecule has 1 aromatic carbocycles. The highest BCUT2D eigenvalue weighted by atomic mass is 35.5. The summed E-state index contributed by atoms with van der Waals surface area (Å²) in [5, 5.41) is 10.8. The average Bonchev–Trinajstić information content (AvgIpc) is 2.94. The number of Topliss-reactive ketones (excluding diaryl/α,β-unsaturated/α-hetero) is 1. The van der Waals surface area contributed by atoms with Gasteiger partial charge in [-0.3, -0.25) is 14.9 Å². The van der Waals surface area contributed by atoms with Crippen molar-refractivity contribution >= 4 is 29.0 Å². The first-order valence-electron chi connectivity index (χ1n) is 8.49. The van der Waals surface area contributed by atoms with Crippen molar-refractivity contribution in [2.24, 2.45) is 0 Å². The number of halogens is 1. The predicted molar refractivity (Wildman–Crippen MR) is 103 cm³/mol. The van der Waals surface area contributed by atoms with Gasteiger partial charge in [0.2, 0.25) is 5.78 Å². The number of carbonyl (C=O) groups is 2. The Morgan fingerprint density at radius 2 is 1.96 bits per heavy atom. The van der Waals surface area contributed by atoms with E-state index in [0.29, 0.717) is 12.2 Å². The van der Waals surface area contributed by atoms with E-state index < -0.39 is 23.2 Å². The van der Waals surface area contributed by atoms with E-state index in [-0.39, 0.29) is 22.4 Å². The van der Waals surface area contributed by atoms with Crippen LogP contribution < -0.4 is 0 Å². The normalized spacial score (nSPS) is 11.9. The van der Waals surface area contributed by atoms with Gasteiger partial charge in [-0.05, 0) is 39.0 Å². The van der Waals surface area contributed by atoms with Gasteiger partial charge in [0, 0.05) is 30.1 Å². The molecular weight excluding hydrogens is 388 g/mol. The summed E-state index contributed by atoms with van der Waals surface area (Å²) in [6.45, 7) is 5.70. The molecule has 150 valence electrons. The molecule has 1 atom stereocenters. The number of nitro benzene ring substituents is 1. The number of rotatable bonds is 8. The number of nitro groups is 1. The van der Waals surface area contributed by atoms with Crippen LogP contribution in [0.1, 0.15) is 45.1 Å². The average molecular weight is 409 g/mol. The van der Waals surface area contributed by atoms with Crippen molar-refractivity contribution in [3.63, 3.8) is 0 Å². The molecule has 2 aromatic rings. The largest absolute Gasteiger partial charge is 0.454 e. The Labute approximate surface area is 167 Å². The fourth-order valence-corrected chi connectivity index (χ4v) is 3.31. The molecule has 0 aliphatic rings. The number of benzene rings is 1. The Morgan fingerprint density at radius 3 is 2.57 bits per heavy atom. The van der Waals surface area contributed by atoms with Gasteiger partial charge in [-0.1, -0.05) is 11.6 Å². The number of methoxy groups -OCH3 is 1. The van der Waals surface area contributed by atoms with Gasteiger partial charge in [0.25, 0.3) is 5.69 Å². The minimum absolute atomic E-state index is 0.0451. The van der Waals surface area contributed by atoms with Crippen molar-refractivity contribution in [2.45, 2.75) is 26.8 Å². The Kier molecular flexibility index (Phi) is 6.93. The van der Waals surface area contributed by atoms with Crippen LogP contribution in [0.15, 0.2) is 24.3 Å². The monoisotopic (exact) mass is 408 g/mol. The van der Waals surface area contributed by atoms with E-state index in [0.717, 1.165) is 17.5 Å². The number of aromatic nitrogens is 1. The maximum absolute atomic E-state index is 12.5. The Balaban J connectivity index is 2.12. The lowest BCUT2D eigenvalue weighted by Gasteiger charge is -2.17. The zero-order valence-corrected chi connectivity index (χ0v) is 16.8. The third-order valence-electron chi connectivity index (χ3n) is 4.35. The van der Waals surface area contributed by atoms with Gasteiger partial charge in [0.05, 0.1) is 23.1 Å². The molecular formula is C19H21ClN2O6. The van der Waals surface area contributed by atoms with Crippen LogP contribution in [0.5, 0.6) is 0 Å². The SMILES string of the molecule is COC[C@@H](C)n1c(C)cc(C(=O)COC(=O)c2ccc(Cl)c([N+](=O)[O-])c2)c1C. The summed E-state index contributed by atoms with van der Waals surface area (Å²) in [4.78, 5) is 34.9. The maximum Gasteiger partial charge on any atom is 0.338 e. The zero-order chi connectivity index (χ0) is 21.0.